The van der Waals surface area contributed by atoms with E-state index in [1.165, 1.54) is 17.0 Å². The van der Waals surface area contributed by atoms with Crippen molar-refractivity contribution < 1.29 is 4.39 Å². The van der Waals surface area contributed by atoms with Gasteiger partial charge in [-0.1, -0.05) is 0 Å². The van der Waals surface area contributed by atoms with E-state index >= 15 is 0 Å². The molecule has 2 nitrogen and oxygen atoms in total. The van der Waals surface area contributed by atoms with Crippen LogP contribution >= 0.6 is 11.3 Å². The molecule has 0 aliphatic heterocycles. The second-order valence-corrected chi connectivity index (χ2v) is 5.01. The first kappa shape index (κ1) is 12.0. The second kappa shape index (κ2) is 4.84. The van der Waals surface area contributed by atoms with Gasteiger partial charge in [0.15, 0.2) is 0 Å². The van der Waals surface area contributed by atoms with Gasteiger partial charge in [0.1, 0.15) is 5.82 Å². The number of aromatic nitrogens is 1. The molecular weight excluding hydrogens is 235 g/mol. The van der Waals surface area contributed by atoms with E-state index in [9.17, 15) is 4.39 Å². The molecule has 1 aromatic heterocycles. The maximum atomic E-state index is 13.0. The second-order valence-electron chi connectivity index (χ2n) is 4.13. The van der Waals surface area contributed by atoms with Gasteiger partial charge in [0.2, 0.25) is 0 Å². The number of aryl methyl sites for hydroxylation is 2. The summed E-state index contributed by atoms with van der Waals surface area (Å²) in [4.78, 5) is 5.45. The summed E-state index contributed by atoms with van der Waals surface area (Å²) < 4.78 is 13.0. The molecule has 0 spiro atoms. The molecule has 1 N–H and O–H groups in total. The normalized spacial score (nSPS) is 12.5. The summed E-state index contributed by atoms with van der Waals surface area (Å²) in [7, 11) is 0. The van der Waals surface area contributed by atoms with Crippen molar-refractivity contribution in [3.63, 3.8) is 0 Å². The molecule has 4 heteroatoms. The summed E-state index contributed by atoms with van der Waals surface area (Å²) in [5, 5.41) is 3.38. The highest BCUT2D eigenvalue weighted by molar-refractivity contribution is 7.09. The number of nitrogens with zero attached hydrogens (tertiary/aromatic N) is 1. The number of thiazole rings is 1. The molecule has 0 radical (unpaired) electrons. The Balaban J connectivity index is 2.19. The van der Waals surface area contributed by atoms with Gasteiger partial charge in [-0.2, -0.15) is 0 Å². The van der Waals surface area contributed by atoms with Crippen LogP contribution in [0.1, 0.15) is 29.1 Å². The molecule has 17 heavy (non-hydrogen) atoms. The first-order valence-corrected chi connectivity index (χ1v) is 6.38. The minimum absolute atomic E-state index is 0.187. The molecule has 1 heterocycles. The molecule has 1 aromatic carbocycles. The summed E-state index contributed by atoms with van der Waals surface area (Å²) in [5.41, 5.74) is 4.78. The third-order valence-electron chi connectivity index (χ3n) is 2.74. The molecule has 0 saturated carbocycles. The molecular formula is C13H15FN2S. The van der Waals surface area contributed by atoms with E-state index < -0.39 is 0 Å². The molecule has 0 saturated heterocycles. The fraction of sp³-hybridized carbons (Fsp3) is 0.308. The monoisotopic (exact) mass is 250 g/mol. The van der Waals surface area contributed by atoms with Crippen LogP contribution < -0.4 is 5.32 Å². The number of rotatable bonds is 3. The van der Waals surface area contributed by atoms with Crippen LogP contribution in [0.5, 0.6) is 0 Å². The smallest absolute Gasteiger partial charge is 0.123 e. The largest absolute Gasteiger partial charge is 0.377 e. The van der Waals surface area contributed by atoms with E-state index in [4.69, 9.17) is 0 Å². The molecule has 1 unspecified atom stereocenters. The Morgan fingerprint density at radius 1 is 1.35 bits per heavy atom. The van der Waals surface area contributed by atoms with E-state index in [0.717, 1.165) is 16.9 Å². The standard InChI is InChI=1S/C13H15FN2S/c1-8-6-11(14)4-5-12(8)16-10(3)13-9(2)15-7-17-13/h4-7,10,16H,1-3H3. The molecule has 90 valence electrons. The van der Waals surface area contributed by atoms with E-state index in [-0.39, 0.29) is 11.9 Å². The van der Waals surface area contributed by atoms with Crippen LogP contribution in [0, 0.1) is 19.7 Å². The predicted octanol–water partition coefficient (Wildman–Crippen LogP) is 4.07. The van der Waals surface area contributed by atoms with E-state index in [0.29, 0.717) is 0 Å². The van der Waals surface area contributed by atoms with Crippen LogP contribution in [0.2, 0.25) is 0 Å². The highest BCUT2D eigenvalue weighted by atomic mass is 32.1. The zero-order valence-corrected chi connectivity index (χ0v) is 10.9. The minimum atomic E-state index is -0.199. The average Bonchev–Trinajstić information content (AvgIpc) is 2.68. The maximum absolute atomic E-state index is 13.0. The summed E-state index contributed by atoms with van der Waals surface area (Å²) >= 11 is 1.64. The van der Waals surface area contributed by atoms with Crippen molar-refractivity contribution in [2.45, 2.75) is 26.8 Å². The number of benzene rings is 1. The minimum Gasteiger partial charge on any atom is -0.377 e. The number of halogens is 1. The van der Waals surface area contributed by atoms with Crippen LogP contribution in [0.25, 0.3) is 0 Å². The number of hydrogen-bond donors (Lipinski definition) is 1. The molecule has 0 aliphatic carbocycles. The van der Waals surface area contributed by atoms with E-state index in [2.05, 4.69) is 17.2 Å². The highest BCUT2D eigenvalue weighted by Crippen LogP contribution is 2.26. The number of anilines is 1. The summed E-state index contributed by atoms with van der Waals surface area (Å²) in [6.07, 6.45) is 0. The molecule has 2 aromatic rings. The Labute approximate surface area is 105 Å². The number of hydrogen-bond acceptors (Lipinski definition) is 3. The highest BCUT2D eigenvalue weighted by Gasteiger charge is 2.11. The van der Waals surface area contributed by atoms with Crippen molar-refractivity contribution in [1.29, 1.82) is 0 Å². The average molecular weight is 250 g/mol. The van der Waals surface area contributed by atoms with Gasteiger partial charge < -0.3 is 5.32 Å². The lowest BCUT2D eigenvalue weighted by Crippen LogP contribution is -2.07. The Morgan fingerprint density at radius 2 is 2.12 bits per heavy atom. The van der Waals surface area contributed by atoms with Crippen molar-refractivity contribution >= 4 is 17.0 Å². The van der Waals surface area contributed by atoms with Crippen molar-refractivity contribution in [3.8, 4) is 0 Å². The molecule has 0 aliphatic rings. The van der Waals surface area contributed by atoms with Crippen molar-refractivity contribution in [3.05, 3.63) is 45.7 Å². The zero-order chi connectivity index (χ0) is 12.4. The quantitative estimate of drug-likeness (QED) is 0.888. The third kappa shape index (κ3) is 2.64. The van der Waals surface area contributed by atoms with Gasteiger partial charge in [0, 0.05) is 10.6 Å². The first-order valence-electron chi connectivity index (χ1n) is 5.50. The molecule has 2 rings (SSSR count). The zero-order valence-electron chi connectivity index (χ0n) is 10.1. The topological polar surface area (TPSA) is 24.9 Å². The Kier molecular flexibility index (Phi) is 3.43. The van der Waals surface area contributed by atoms with E-state index in [1.54, 1.807) is 17.4 Å². The van der Waals surface area contributed by atoms with Crippen LogP contribution in [-0.4, -0.2) is 4.98 Å². The summed E-state index contributed by atoms with van der Waals surface area (Å²) in [6, 6.07) is 4.97. The van der Waals surface area contributed by atoms with Gasteiger partial charge in [0.05, 0.1) is 17.2 Å². The molecule has 0 bridgehead atoms. The molecule has 1 atom stereocenters. The van der Waals surface area contributed by atoms with Gasteiger partial charge in [0.25, 0.3) is 0 Å². The predicted molar refractivity (Wildman–Crippen MR) is 70.0 cm³/mol. The Hall–Kier alpha value is -1.42. The maximum Gasteiger partial charge on any atom is 0.123 e. The van der Waals surface area contributed by atoms with Crippen LogP contribution in [0.15, 0.2) is 23.7 Å². The SMILES string of the molecule is Cc1cc(F)ccc1NC(C)c1scnc1C. The lowest BCUT2D eigenvalue weighted by Gasteiger charge is -2.16. The summed E-state index contributed by atoms with van der Waals surface area (Å²) in [5.74, 6) is -0.199. The van der Waals surface area contributed by atoms with Gasteiger partial charge in [-0.05, 0) is 44.5 Å². The van der Waals surface area contributed by atoms with Crippen LogP contribution in [0.3, 0.4) is 0 Å². The fourth-order valence-electron chi connectivity index (χ4n) is 1.81. The third-order valence-corrected chi connectivity index (χ3v) is 3.85. The first-order chi connectivity index (χ1) is 8.08. The van der Waals surface area contributed by atoms with Gasteiger partial charge in [-0.15, -0.1) is 11.3 Å². The molecule has 0 amide bonds. The van der Waals surface area contributed by atoms with E-state index in [1.807, 2.05) is 19.4 Å². The van der Waals surface area contributed by atoms with Crippen molar-refractivity contribution in [2.24, 2.45) is 0 Å². The van der Waals surface area contributed by atoms with Crippen molar-refractivity contribution in [1.82, 2.24) is 4.98 Å². The molecule has 0 fully saturated rings. The van der Waals surface area contributed by atoms with Gasteiger partial charge in [-0.25, -0.2) is 9.37 Å². The Bertz CT molecular complexity index is 522. The van der Waals surface area contributed by atoms with Gasteiger partial charge in [-0.3, -0.25) is 0 Å². The van der Waals surface area contributed by atoms with Crippen molar-refractivity contribution in [2.75, 3.05) is 5.32 Å². The lowest BCUT2D eigenvalue weighted by atomic mass is 10.1. The van der Waals surface area contributed by atoms with Crippen LogP contribution in [-0.2, 0) is 0 Å². The van der Waals surface area contributed by atoms with Crippen LogP contribution in [0.4, 0.5) is 10.1 Å². The summed E-state index contributed by atoms with van der Waals surface area (Å²) in [6.45, 7) is 5.99. The van der Waals surface area contributed by atoms with Gasteiger partial charge >= 0.3 is 0 Å². The fourth-order valence-corrected chi connectivity index (χ4v) is 2.63. The number of nitrogens with one attached hydrogen (secondary N) is 1. The Morgan fingerprint density at radius 3 is 2.71 bits per heavy atom. The lowest BCUT2D eigenvalue weighted by molar-refractivity contribution is 0.626.